The summed E-state index contributed by atoms with van der Waals surface area (Å²) in [6.07, 6.45) is 6.37. The summed E-state index contributed by atoms with van der Waals surface area (Å²) in [6, 6.07) is 10.5. The van der Waals surface area contributed by atoms with Crippen LogP contribution in [0.2, 0.25) is 0 Å². The van der Waals surface area contributed by atoms with Crippen molar-refractivity contribution >= 4 is 0 Å². The second-order valence-electron chi connectivity index (χ2n) is 4.98. The monoisotopic (exact) mass is 233 g/mol. The van der Waals surface area contributed by atoms with Crippen LogP contribution in [0.5, 0.6) is 0 Å². The van der Waals surface area contributed by atoms with E-state index in [1.165, 1.54) is 31.2 Å². The minimum absolute atomic E-state index is 0.474. The fourth-order valence-electron chi connectivity index (χ4n) is 2.52. The van der Waals surface area contributed by atoms with Crippen molar-refractivity contribution in [3.05, 3.63) is 35.9 Å². The van der Waals surface area contributed by atoms with E-state index in [-0.39, 0.29) is 0 Å². The highest BCUT2D eigenvalue weighted by molar-refractivity contribution is 5.14. The van der Waals surface area contributed by atoms with Crippen LogP contribution in [-0.4, -0.2) is 19.3 Å². The molecule has 1 aliphatic carbocycles. The number of hydrogen-bond donors (Lipinski definition) is 1. The molecule has 0 spiro atoms. The quantitative estimate of drug-likeness (QED) is 0.848. The van der Waals surface area contributed by atoms with Crippen LogP contribution < -0.4 is 5.73 Å². The summed E-state index contributed by atoms with van der Waals surface area (Å²) >= 11 is 0. The third-order valence-electron chi connectivity index (χ3n) is 3.71. The lowest BCUT2D eigenvalue weighted by molar-refractivity contribution is 0.0207. The van der Waals surface area contributed by atoms with E-state index in [0.717, 1.165) is 25.5 Å². The van der Waals surface area contributed by atoms with Crippen LogP contribution >= 0.6 is 0 Å². The second kappa shape index (κ2) is 6.77. The Kier molecular flexibility index (Phi) is 5.02. The molecule has 2 rings (SSSR count). The molecule has 0 aromatic heterocycles. The van der Waals surface area contributed by atoms with E-state index >= 15 is 0 Å². The predicted molar refractivity (Wildman–Crippen MR) is 70.9 cm³/mol. The molecule has 1 aliphatic rings. The lowest BCUT2D eigenvalue weighted by atomic mass is 9.87. The molecule has 2 N–H and O–H groups in total. The molecule has 2 heteroatoms. The minimum Gasteiger partial charge on any atom is -0.378 e. The maximum absolute atomic E-state index is 5.94. The van der Waals surface area contributed by atoms with Gasteiger partial charge in [0.05, 0.1) is 12.7 Å². The molecule has 94 valence electrons. The summed E-state index contributed by atoms with van der Waals surface area (Å²) in [5, 5.41) is 0. The minimum atomic E-state index is 0.474. The SMILES string of the molecule is NC[C@H]1CC[C@@H](OCCc2ccccc2)CC1. The number of benzene rings is 1. The van der Waals surface area contributed by atoms with Crippen LogP contribution in [-0.2, 0) is 11.2 Å². The van der Waals surface area contributed by atoms with Gasteiger partial charge in [-0.1, -0.05) is 30.3 Å². The first-order valence-corrected chi connectivity index (χ1v) is 6.74. The van der Waals surface area contributed by atoms with Crippen molar-refractivity contribution in [2.24, 2.45) is 11.7 Å². The van der Waals surface area contributed by atoms with Gasteiger partial charge < -0.3 is 10.5 Å². The van der Waals surface area contributed by atoms with E-state index in [2.05, 4.69) is 30.3 Å². The molecule has 0 radical (unpaired) electrons. The Morgan fingerprint density at radius 3 is 2.41 bits per heavy atom. The molecule has 0 aliphatic heterocycles. The fourth-order valence-corrected chi connectivity index (χ4v) is 2.52. The topological polar surface area (TPSA) is 35.2 Å². The van der Waals surface area contributed by atoms with Crippen molar-refractivity contribution in [3.8, 4) is 0 Å². The summed E-state index contributed by atoms with van der Waals surface area (Å²) in [6.45, 7) is 1.69. The van der Waals surface area contributed by atoms with E-state index in [1.807, 2.05) is 0 Å². The van der Waals surface area contributed by atoms with E-state index in [9.17, 15) is 0 Å². The summed E-state index contributed by atoms with van der Waals surface area (Å²) in [7, 11) is 0. The second-order valence-corrected chi connectivity index (χ2v) is 4.98. The van der Waals surface area contributed by atoms with Gasteiger partial charge >= 0.3 is 0 Å². The molecular formula is C15H23NO. The number of hydrogen-bond acceptors (Lipinski definition) is 2. The highest BCUT2D eigenvalue weighted by Crippen LogP contribution is 2.25. The first kappa shape index (κ1) is 12.6. The van der Waals surface area contributed by atoms with Gasteiger partial charge in [0.15, 0.2) is 0 Å². The van der Waals surface area contributed by atoms with Gasteiger partial charge in [-0.25, -0.2) is 0 Å². The Balaban J connectivity index is 1.63. The third kappa shape index (κ3) is 4.14. The molecule has 0 heterocycles. The first-order chi connectivity index (χ1) is 8.38. The Labute approximate surface area is 104 Å². The zero-order valence-electron chi connectivity index (χ0n) is 10.5. The highest BCUT2D eigenvalue weighted by Gasteiger charge is 2.20. The largest absolute Gasteiger partial charge is 0.378 e. The van der Waals surface area contributed by atoms with Crippen molar-refractivity contribution < 1.29 is 4.74 Å². The maximum atomic E-state index is 5.94. The van der Waals surface area contributed by atoms with Gasteiger partial charge in [-0.3, -0.25) is 0 Å². The lowest BCUT2D eigenvalue weighted by Gasteiger charge is -2.27. The van der Waals surface area contributed by atoms with Crippen LogP contribution in [0.4, 0.5) is 0 Å². The van der Waals surface area contributed by atoms with Gasteiger partial charge in [0.25, 0.3) is 0 Å². The van der Waals surface area contributed by atoms with Crippen LogP contribution in [0.3, 0.4) is 0 Å². The van der Waals surface area contributed by atoms with Crippen LogP contribution in [0.1, 0.15) is 31.2 Å². The van der Waals surface area contributed by atoms with Crippen molar-refractivity contribution in [1.29, 1.82) is 0 Å². The van der Waals surface area contributed by atoms with E-state index in [4.69, 9.17) is 10.5 Å². The van der Waals surface area contributed by atoms with Crippen molar-refractivity contribution in [2.45, 2.75) is 38.2 Å². The normalized spacial score (nSPS) is 24.8. The molecule has 1 fully saturated rings. The molecular weight excluding hydrogens is 210 g/mol. The zero-order chi connectivity index (χ0) is 11.9. The van der Waals surface area contributed by atoms with Crippen LogP contribution in [0, 0.1) is 5.92 Å². The van der Waals surface area contributed by atoms with Gasteiger partial charge in [-0.05, 0) is 50.1 Å². The Morgan fingerprint density at radius 1 is 1.06 bits per heavy atom. The molecule has 0 amide bonds. The summed E-state index contributed by atoms with van der Waals surface area (Å²) < 4.78 is 5.94. The number of rotatable bonds is 5. The Bertz CT molecular complexity index is 304. The summed E-state index contributed by atoms with van der Waals surface area (Å²) in [5.41, 5.74) is 7.05. The third-order valence-corrected chi connectivity index (χ3v) is 3.71. The summed E-state index contributed by atoms with van der Waals surface area (Å²) in [4.78, 5) is 0. The molecule has 1 saturated carbocycles. The molecule has 1 aromatic rings. The van der Waals surface area contributed by atoms with Gasteiger partial charge in [-0.15, -0.1) is 0 Å². The Hall–Kier alpha value is -0.860. The highest BCUT2D eigenvalue weighted by atomic mass is 16.5. The predicted octanol–water partition coefficient (Wildman–Crippen LogP) is 2.76. The zero-order valence-corrected chi connectivity index (χ0v) is 10.5. The van der Waals surface area contributed by atoms with Crippen LogP contribution in [0.25, 0.3) is 0 Å². The molecule has 0 saturated heterocycles. The van der Waals surface area contributed by atoms with Crippen molar-refractivity contribution in [2.75, 3.05) is 13.2 Å². The average molecular weight is 233 g/mol. The molecule has 1 aromatic carbocycles. The molecule has 2 nitrogen and oxygen atoms in total. The molecule has 0 atom stereocenters. The number of ether oxygens (including phenoxy) is 1. The summed E-state index contributed by atoms with van der Waals surface area (Å²) in [5.74, 6) is 0.740. The van der Waals surface area contributed by atoms with Crippen LogP contribution in [0.15, 0.2) is 30.3 Å². The van der Waals surface area contributed by atoms with Gasteiger partial charge in [0, 0.05) is 0 Å². The van der Waals surface area contributed by atoms with E-state index < -0.39 is 0 Å². The van der Waals surface area contributed by atoms with Gasteiger partial charge in [0.2, 0.25) is 0 Å². The first-order valence-electron chi connectivity index (χ1n) is 6.74. The fraction of sp³-hybridized carbons (Fsp3) is 0.600. The molecule has 0 bridgehead atoms. The lowest BCUT2D eigenvalue weighted by Crippen LogP contribution is -2.26. The smallest absolute Gasteiger partial charge is 0.0575 e. The molecule has 17 heavy (non-hydrogen) atoms. The standard InChI is InChI=1S/C15H23NO/c16-12-14-6-8-15(9-7-14)17-11-10-13-4-2-1-3-5-13/h1-5,14-15H,6-12,16H2/t14-,15+. The van der Waals surface area contributed by atoms with Crippen molar-refractivity contribution in [3.63, 3.8) is 0 Å². The maximum Gasteiger partial charge on any atom is 0.0575 e. The Morgan fingerprint density at radius 2 is 1.76 bits per heavy atom. The van der Waals surface area contributed by atoms with Gasteiger partial charge in [0.1, 0.15) is 0 Å². The number of nitrogens with two attached hydrogens (primary N) is 1. The van der Waals surface area contributed by atoms with Crippen molar-refractivity contribution in [1.82, 2.24) is 0 Å². The van der Waals surface area contributed by atoms with Gasteiger partial charge in [-0.2, -0.15) is 0 Å². The van der Waals surface area contributed by atoms with E-state index in [1.54, 1.807) is 0 Å². The average Bonchev–Trinajstić information content (AvgIpc) is 2.41. The molecule has 0 unspecified atom stereocenters. The van der Waals surface area contributed by atoms with E-state index in [0.29, 0.717) is 6.10 Å².